The molecule has 138 valence electrons. The van der Waals surface area contributed by atoms with Crippen LogP contribution in [-0.2, 0) is 6.54 Å². The van der Waals surface area contributed by atoms with Gasteiger partial charge < -0.3 is 14.6 Å². The van der Waals surface area contributed by atoms with Crippen molar-refractivity contribution in [1.29, 1.82) is 0 Å². The van der Waals surface area contributed by atoms with Gasteiger partial charge in [0.15, 0.2) is 0 Å². The average Bonchev–Trinajstić information content (AvgIpc) is 2.89. The highest BCUT2D eigenvalue weighted by molar-refractivity contribution is 6.33. The van der Waals surface area contributed by atoms with Gasteiger partial charge in [-0.3, -0.25) is 0 Å². The Morgan fingerprint density at radius 3 is 2.04 bits per heavy atom. The number of likely N-dealkylation sites (tertiary alicyclic amines) is 1. The molecule has 5 heteroatoms. The Labute approximate surface area is 164 Å². The fraction of sp³-hybridized carbons (Fsp3) is 0.429. The Kier molecular flexibility index (Phi) is 5.15. The highest BCUT2D eigenvalue weighted by Crippen LogP contribution is 2.33. The molecule has 0 amide bonds. The summed E-state index contributed by atoms with van der Waals surface area (Å²) in [6.45, 7) is 5.75. The van der Waals surface area contributed by atoms with Crippen molar-refractivity contribution in [2.45, 2.75) is 32.4 Å². The Bertz CT molecular complexity index is 869. The lowest BCUT2D eigenvalue weighted by Crippen LogP contribution is -2.39. The smallest absolute Gasteiger partial charge is 0.0845 e. The zero-order valence-electron chi connectivity index (χ0n) is 15.0. The third-order valence-corrected chi connectivity index (χ3v) is 6.00. The van der Waals surface area contributed by atoms with Crippen LogP contribution in [0.25, 0.3) is 21.8 Å². The van der Waals surface area contributed by atoms with Crippen molar-refractivity contribution in [2.75, 3.05) is 19.6 Å². The van der Waals surface area contributed by atoms with Crippen LogP contribution in [-0.4, -0.2) is 40.3 Å². The fourth-order valence-electron chi connectivity index (χ4n) is 4.06. The van der Waals surface area contributed by atoms with Gasteiger partial charge in [-0.1, -0.05) is 30.1 Å². The maximum Gasteiger partial charge on any atom is 0.0845 e. The van der Waals surface area contributed by atoms with E-state index in [1.165, 1.54) is 12.8 Å². The van der Waals surface area contributed by atoms with E-state index in [1.54, 1.807) is 0 Å². The summed E-state index contributed by atoms with van der Waals surface area (Å²) in [4.78, 5) is 2.38. The van der Waals surface area contributed by atoms with Crippen LogP contribution in [0.2, 0.25) is 10.0 Å². The number of aliphatic hydroxyl groups excluding tert-OH is 1. The summed E-state index contributed by atoms with van der Waals surface area (Å²) in [5.41, 5.74) is 2.16. The summed E-state index contributed by atoms with van der Waals surface area (Å²) >= 11 is 12.4. The molecule has 1 atom stereocenters. The number of hydrogen-bond donors (Lipinski definition) is 1. The number of fused-ring (bicyclic) bond motifs is 3. The fourth-order valence-corrected chi connectivity index (χ4v) is 4.40. The number of β-amino-alcohol motifs (C(OH)–C–C–N with tert-alkyl or cyclic N) is 1. The molecule has 2 heterocycles. The normalized spacial score (nSPS) is 18.0. The number of hydrogen-bond acceptors (Lipinski definition) is 2. The summed E-state index contributed by atoms with van der Waals surface area (Å²) in [7, 11) is 0. The Morgan fingerprint density at radius 1 is 0.962 bits per heavy atom. The van der Waals surface area contributed by atoms with Crippen molar-refractivity contribution in [3.05, 3.63) is 46.4 Å². The van der Waals surface area contributed by atoms with Crippen molar-refractivity contribution in [3.63, 3.8) is 0 Å². The second kappa shape index (κ2) is 7.40. The van der Waals surface area contributed by atoms with Crippen molar-refractivity contribution in [3.8, 4) is 0 Å². The minimum Gasteiger partial charge on any atom is -0.390 e. The van der Waals surface area contributed by atoms with Crippen LogP contribution in [0.15, 0.2) is 36.4 Å². The lowest BCUT2D eigenvalue weighted by Gasteiger charge is -2.31. The van der Waals surface area contributed by atoms with Crippen LogP contribution < -0.4 is 0 Å². The molecule has 0 unspecified atom stereocenters. The van der Waals surface area contributed by atoms with E-state index in [2.05, 4.69) is 16.4 Å². The van der Waals surface area contributed by atoms with Gasteiger partial charge in [0.25, 0.3) is 0 Å². The summed E-state index contributed by atoms with van der Waals surface area (Å²) in [5, 5.41) is 14.3. The van der Waals surface area contributed by atoms with Gasteiger partial charge in [-0.15, -0.1) is 0 Å². The molecular formula is C21H24Cl2N2O. The van der Waals surface area contributed by atoms with E-state index in [-0.39, 0.29) is 0 Å². The molecule has 1 aliphatic rings. The number of benzene rings is 2. The first kappa shape index (κ1) is 18.1. The van der Waals surface area contributed by atoms with E-state index >= 15 is 0 Å². The minimum atomic E-state index is -0.409. The maximum absolute atomic E-state index is 10.8. The Morgan fingerprint density at radius 2 is 1.50 bits per heavy atom. The lowest BCUT2D eigenvalue weighted by atomic mass is 9.99. The highest BCUT2D eigenvalue weighted by atomic mass is 35.5. The first-order chi connectivity index (χ1) is 12.5. The molecule has 0 radical (unpaired) electrons. The van der Waals surface area contributed by atoms with E-state index in [1.807, 2.05) is 36.4 Å². The summed E-state index contributed by atoms with van der Waals surface area (Å²) in [5.74, 6) is 0.801. The van der Waals surface area contributed by atoms with Crippen molar-refractivity contribution in [2.24, 2.45) is 5.92 Å². The molecule has 4 rings (SSSR count). The second-order valence-electron chi connectivity index (χ2n) is 7.57. The molecule has 1 fully saturated rings. The molecule has 0 saturated carbocycles. The lowest BCUT2D eigenvalue weighted by molar-refractivity contribution is 0.0817. The van der Waals surface area contributed by atoms with Crippen LogP contribution in [0.3, 0.4) is 0 Å². The van der Waals surface area contributed by atoms with Gasteiger partial charge in [0.1, 0.15) is 0 Å². The van der Waals surface area contributed by atoms with Crippen LogP contribution >= 0.6 is 23.2 Å². The molecule has 0 aliphatic carbocycles. The number of rotatable bonds is 4. The van der Waals surface area contributed by atoms with Crippen molar-refractivity contribution in [1.82, 2.24) is 9.47 Å². The summed E-state index contributed by atoms with van der Waals surface area (Å²) in [6, 6.07) is 11.8. The largest absolute Gasteiger partial charge is 0.390 e. The number of aliphatic hydroxyl groups is 1. The summed E-state index contributed by atoms with van der Waals surface area (Å²) in [6.07, 6.45) is 2.03. The third kappa shape index (κ3) is 3.59. The molecule has 1 aromatic heterocycles. The topological polar surface area (TPSA) is 28.4 Å². The van der Waals surface area contributed by atoms with Gasteiger partial charge in [0.2, 0.25) is 0 Å². The van der Waals surface area contributed by atoms with Crippen molar-refractivity contribution < 1.29 is 5.11 Å². The van der Waals surface area contributed by atoms with Crippen LogP contribution in [0.5, 0.6) is 0 Å². The van der Waals surface area contributed by atoms with Crippen LogP contribution in [0.1, 0.15) is 19.8 Å². The SMILES string of the molecule is CC1CCN(C[C@H](O)Cn2c3ccc(Cl)cc3c3cc(Cl)ccc32)CC1. The molecule has 3 aromatic rings. The monoisotopic (exact) mass is 390 g/mol. The van der Waals surface area contributed by atoms with Crippen molar-refractivity contribution >= 4 is 45.0 Å². The molecule has 1 aliphatic heterocycles. The van der Waals surface area contributed by atoms with E-state index in [0.29, 0.717) is 16.6 Å². The van der Waals surface area contributed by atoms with Gasteiger partial charge in [0, 0.05) is 38.4 Å². The molecule has 26 heavy (non-hydrogen) atoms. The molecule has 0 bridgehead atoms. The first-order valence-electron chi connectivity index (χ1n) is 9.28. The van der Waals surface area contributed by atoms with Gasteiger partial charge in [-0.05, 0) is 68.2 Å². The standard InChI is InChI=1S/C21H24Cl2N2O/c1-14-6-8-24(9-7-14)12-17(26)13-25-20-4-2-15(22)10-18(20)19-11-16(23)3-5-21(19)25/h2-5,10-11,14,17,26H,6-9,12-13H2,1H3/t17-/m0/s1. The number of nitrogens with zero attached hydrogens (tertiary/aromatic N) is 2. The van der Waals surface area contributed by atoms with E-state index in [9.17, 15) is 5.11 Å². The van der Waals surface area contributed by atoms with E-state index in [0.717, 1.165) is 47.4 Å². The molecular weight excluding hydrogens is 367 g/mol. The number of piperidine rings is 1. The molecule has 3 nitrogen and oxygen atoms in total. The minimum absolute atomic E-state index is 0.409. The summed E-state index contributed by atoms with van der Waals surface area (Å²) < 4.78 is 2.19. The van der Waals surface area contributed by atoms with Gasteiger partial charge in [0.05, 0.1) is 12.6 Å². The first-order valence-corrected chi connectivity index (χ1v) is 10.0. The molecule has 1 N–H and O–H groups in total. The predicted molar refractivity (Wildman–Crippen MR) is 110 cm³/mol. The molecule has 0 spiro atoms. The highest BCUT2D eigenvalue weighted by Gasteiger charge is 2.20. The zero-order chi connectivity index (χ0) is 18.3. The quantitative estimate of drug-likeness (QED) is 0.663. The van der Waals surface area contributed by atoms with Crippen LogP contribution in [0, 0.1) is 5.92 Å². The number of aromatic nitrogens is 1. The van der Waals surface area contributed by atoms with E-state index in [4.69, 9.17) is 23.2 Å². The molecule has 2 aromatic carbocycles. The Hall–Kier alpha value is -1.26. The predicted octanol–water partition coefficient (Wildman–Crippen LogP) is 5.19. The Balaban J connectivity index is 1.64. The van der Waals surface area contributed by atoms with Gasteiger partial charge in [-0.25, -0.2) is 0 Å². The zero-order valence-corrected chi connectivity index (χ0v) is 16.5. The van der Waals surface area contributed by atoms with Crippen LogP contribution in [0.4, 0.5) is 0 Å². The second-order valence-corrected chi connectivity index (χ2v) is 8.44. The average molecular weight is 391 g/mol. The number of halogens is 2. The van der Waals surface area contributed by atoms with Gasteiger partial charge >= 0.3 is 0 Å². The maximum atomic E-state index is 10.8. The molecule has 1 saturated heterocycles. The van der Waals surface area contributed by atoms with E-state index < -0.39 is 6.10 Å². The van der Waals surface area contributed by atoms with Gasteiger partial charge in [-0.2, -0.15) is 0 Å². The third-order valence-electron chi connectivity index (χ3n) is 5.53.